The minimum absolute atomic E-state index is 0.0585. The van der Waals surface area contributed by atoms with E-state index >= 15 is 0 Å². The summed E-state index contributed by atoms with van der Waals surface area (Å²) in [6, 6.07) is 8.75. The molecule has 148 valence electrons. The molecule has 2 aromatic rings. The maximum atomic E-state index is 13.9. The van der Waals surface area contributed by atoms with Gasteiger partial charge in [0.25, 0.3) is 5.91 Å². The first-order valence-corrected chi connectivity index (χ1v) is 9.50. The molecule has 1 aliphatic rings. The Bertz CT molecular complexity index is 896. The molecule has 0 radical (unpaired) electrons. The molecule has 0 atom stereocenters. The topological polar surface area (TPSA) is 49.4 Å². The van der Waals surface area contributed by atoms with E-state index in [-0.39, 0.29) is 29.8 Å². The van der Waals surface area contributed by atoms with Gasteiger partial charge in [-0.05, 0) is 55.2 Å². The molecule has 7 heteroatoms. The molecule has 0 aliphatic carbocycles. The number of nitrogens with one attached hydrogen (secondary N) is 1. The lowest BCUT2D eigenvalue weighted by Crippen LogP contribution is -2.43. The van der Waals surface area contributed by atoms with E-state index in [0.717, 1.165) is 0 Å². The van der Waals surface area contributed by atoms with E-state index in [1.54, 1.807) is 19.1 Å². The van der Waals surface area contributed by atoms with Gasteiger partial charge in [-0.1, -0.05) is 23.7 Å². The van der Waals surface area contributed by atoms with E-state index in [0.29, 0.717) is 42.1 Å². The van der Waals surface area contributed by atoms with E-state index in [9.17, 15) is 18.4 Å². The maximum absolute atomic E-state index is 13.9. The number of halogens is 3. The molecule has 0 spiro atoms. The highest BCUT2D eigenvalue weighted by Gasteiger charge is 2.28. The van der Waals surface area contributed by atoms with Crippen LogP contribution < -0.4 is 5.32 Å². The van der Waals surface area contributed by atoms with Gasteiger partial charge in [0.05, 0.1) is 5.56 Å². The third-order valence-electron chi connectivity index (χ3n) is 5.01. The number of benzene rings is 2. The van der Waals surface area contributed by atoms with Crippen molar-refractivity contribution in [3.8, 4) is 0 Å². The fourth-order valence-electron chi connectivity index (χ4n) is 3.26. The number of hydrogen-bond donors (Lipinski definition) is 1. The Kier molecular flexibility index (Phi) is 6.29. The Morgan fingerprint density at radius 1 is 1.11 bits per heavy atom. The summed E-state index contributed by atoms with van der Waals surface area (Å²) in [5, 5.41) is 3.12. The molecule has 1 heterocycles. The SMILES string of the molecule is Cc1ccc(CNC(=O)C2CCN(C(=O)c3cc(Cl)ccc3F)CC2)cc1F. The molecule has 1 fully saturated rings. The van der Waals surface area contributed by atoms with E-state index in [1.807, 2.05) is 0 Å². The molecular formula is C21H21ClF2N2O2. The highest BCUT2D eigenvalue weighted by molar-refractivity contribution is 6.31. The van der Waals surface area contributed by atoms with Gasteiger partial charge >= 0.3 is 0 Å². The number of likely N-dealkylation sites (tertiary alicyclic amines) is 1. The fraction of sp³-hybridized carbons (Fsp3) is 0.333. The van der Waals surface area contributed by atoms with Crippen LogP contribution in [-0.4, -0.2) is 29.8 Å². The van der Waals surface area contributed by atoms with Gasteiger partial charge in [-0.3, -0.25) is 9.59 Å². The minimum atomic E-state index is -0.611. The van der Waals surface area contributed by atoms with Gasteiger partial charge in [-0.2, -0.15) is 0 Å². The Morgan fingerprint density at radius 3 is 2.50 bits per heavy atom. The standard InChI is InChI=1S/C21H21ClF2N2O2/c1-13-2-3-14(10-19(13)24)12-25-20(27)15-6-8-26(9-7-15)21(28)17-11-16(22)4-5-18(17)23/h2-5,10-11,15H,6-9,12H2,1H3,(H,25,27). The predicted octanol–water partition coefficient (Wildman–Crippen LogP) is 4.10. The zero-order valence-corrected chi connectivity index (χ0v) is 16.2. The van der Waals surface area contributed by atoms with Gasteiger partial charge < -0.3 is 10.2 Å². The number of hydrogen-bond acceptors (Lipinski definition) is 2. The quantitative estimate of drug-likeness (QED) is 0.831. The first kappa shape index (κ1) is 20.3. The highest BCUT2D eigenvalue weighted by Crippen LogP contribution is 2.22. The van der Waals surface area contributed by atoms with Gasteiger partial charge in [-0.15, -0.1) is 0 Å². The average Bonchev–Trinajstić information content (AvgIpc) is 2.70. The summed E-state index contributed by atoms with van der Waals surface area (Å²) in [6.07, 6.45) is 0.976. The summed E-state index contributed by atoms with van der Waals surface area (Å²) in [5.74, 6) is -1.69. The van der Waals surface area contributed by atoms with Gasteiger partial charge in [0.1, 0.15) is 11.6 Å². The van der Waals surface area contributed by atoms with Crippen molar-refractivity contribution in [2.45, 2.75) is 26.3 Å². The van der Waals surface area contributed by atoms with Gasteiger partial charge in [0.2, 0.25) is 5.91 Å². The predicted molar refractivity (Wildman–Crippen MR) is 103 cm³/mol. The molecule has 1 aliphatic heterocycles. The summed E-state index contributed by atoms with van der Waals surface area (Å²) in [7, 11) is 0. The van der Waals surface area contributed by atoms with Crippen LogP contribution in [0.2, 0.25) is 5.02 Å². The lowest BCUT2D eigenvalue weighted by atomic mass is 9.95. The lowest BCUT2D eigenvalue weighted by Gasteiger charge is -2.31. The highest BCUT2D eigenvalue weighted by atomic mass is 35.5. The van der Waals surface area contributed by atoms with Crippen LogP contribution in [0, 0.1) is 24.5 Å². The van der Waals surface area contributed by atoms with Crippen molar-refractivity contribution in [2.24, 2.45) is 5.92 Å². The second-order valence-corrected chi connectivity index (χ2v) is 7.43. The van der Waals surface area contributed by atoms with Crippen LogP contribution in [0.5, 0.6) is 0 Å². The Balaban J connectivity index is 1.53. The Morgan fingerprint density at radius 2 is 1.82 bits per heavy atom. The summed E-state index contributed by atoms with van der Waals surface area (Å²) in [6.45, 7) is 2.66. The number of amides is 2. The number of nitrogens with zero attached hydrogens (tertiary/aromatic N) is 1. The third kappa shape index (κ3) is 4.68. The second kappa shape index (κ2) is 8.69. The van der Waals surface area contributed by atoms with E-state index in [1.165, 1.54) is 29.2 Å². The van der Waals surface area contributed by atoms with Crippen LogP contribution >= 0.6 is 11.6 Å². The smallest absolute Gasteiger partial charge is 0.256 e. The lowest BCUT2D eigenvalue weighted by molar-refractivity contribution is -0.126. The first-order chi connectivity index (χ1) is 13.3. The van der Waals surface area contributed by atoms with E-state index < -0.39 is 11.7 Å². The van der Waals surface area contributed by atoms with Crippen LogP contribution in [0.3, 0.4) is 0 Å². The van der Waals surface area contributed by atoms with Gasteiger partial charge in [-0.25, -0.2) is 8.78 Å². The van der Waals surface area contributed by atoms with Crippen LogP contribution in [0.25, 0.3) is 0 Å². The summed E-state index contributed by atoms with van der Waals surface area (Å²) in [4.78, 5) is 26.4. The fourth-order valence-corrected chi connectivity index (χ4v) is 3.43. The second-order valence-electron chi connectivity index (χ2n) is 6.99. The molecule has 0 saturated carbocycles. The molecule has 1 N–H and O–H groups in total. The molecule has 0 unspecified atom stereocenters. The number of carbonyl (C=O) groups is 2. The van der Waals surface area contributed by atoms with Crippen LogP contribution in [-0.2, 0) is 11.3 Å². The zero-order valence-electron chi connectivity index (χ0n) is 15.5. The Labute approximate surface area is 167 Å². The van der Waals surface area contributed by atoms with Crippen molar-refractivity contribution >= 4 is 23.4 Å². The molecule has 28 heavy (non-hydrogen) atoms. The van der Waals surface area contributed by atoms with Crippen molar-refractivity contribution in [2.75, 3.05) is 13.1 Å². The third-order valence-corrected chi connectivity index (χ3v) is 5.25. The number of carbonyl (C=O) groups excluding carboxylic acids is 2. The van der Waals surface area contributed by atoms with E-state index in [4.69, 9.17) is 11.6 Å². The van der Waals surface area contributed by atoms with Crippen LogP contribution in [0.15, 0.2) is 36.4 Å². The van der Waals surface area contributed by atoms with Gasteiger partial charge in [0.15, 0.2) is 0 Å². The molecule has 0 aromatic heterocycles. The van der Waals surface area contributed by atoms with Crippen molar-refractivity contribution in [3.05, 3.63) is 69.7 Å². The van der Waals surface area contributed by atoms with Crippen LogP contribution in [0.4, 0.5) is 8.78 Å². The largest absolute Gasteiger partial charge is 0.352 e. The summed E-state index contributed by atoms with van der Waals surface area (Å²) in [5.41, 5.74) is 1.19. The molecule has 1 saturated heterocycles. The molecule has 2 aromatic carbocycles. The van der Waals surface area contributed by atoms with Crippen LogP contribution in [0.1, 0.15) is 34.3 Å². The maximum Gasteiger partial charge on any atom is 0.256 e. The van der Waals surface area contributed by atoms with Crippen molar-refractivity contribution < 1.29 is 18.4 Å². The summed E-state index contributed by atoms with van der Waals surface area (Å²) >= 11 is 5.85. The number of piperidine rings is 1. The number of rotatable bonds is 4. The van der Waals surface area contributed by atoms with Crippen molar-refractivity contribution in [1.29, 1.82) is 0 Å². The molecular weight excluding hydrogens is 386 g/mol. The normalized spacial score (nSPS) is 14.8. The minimum Gasteiger partial charge on any atom is -0.352 e. The van der Waals surface area contributed by atoms with E-state index in [2.05, 4.69) is 5.32 Å². The molecule has 4 nitrogen and oxygen atoms in total. The monoisotopic (exact) mass is 406 g/mol. The molecule has 3 rings (SSSR count). The summed E-state index contributed by atoms with van der Waals surface area (Å²) < 4.78 is 27.5. The van der Waals surface area contributed by atoms with Crippen molar-refractivity contribution in [1.82, 2.24) is 10.2 Å². The number of aryl methyl sites for hydroxylation is 1. The molecule has 2 amide bonds. The first-order valence-electron chi connectivity index (χ1n) is 9.12. The average molecular weight is 407 g/mol. The molecule has 0 bridgehead atoms. The van der Waals surface area contributed by atoms with Gasteiger partial charge in [0, 0.05) is 30.6 Å². The van der Waals surface area contributed by atoms with Crippen molar-refractivity contribution in [3.63, 3.8) is 0 Å². The Hall–Kier alpha value is -2.47. The zero-order chi connectivity index (χ0) is 20.3.